The Labute approximate surface area is 59.9 Å². The second-order valence-electron chi connectivity index (χ2n) is 1.40. The predicted molar refractivity (Wildman–Crippen MR) is 40.0 cm³/mol. The van der Waals surface area contributed by atoms with Crippen molar-refractivity contribution in [3.05, 3.63) is 24.1 Å². The maximum Gasteiger partial charge on any atom is 0.141 e. The molecule has 3 heteroatoms. The highest BCUT2D eigenvalue weighted by Gasteiger charge is 1.85. The van der Waals surface area contributed by atoms with Crippen molar-refractivity contribution in [3.63, 3.8) is 0 Å². The molecule has 0 saturated carbocycles. The van der Waals surface area contributed by atoms with Crippen LogP contribution in [0.25, 0.3) is 0 Å². The molecule has 0 aliphatic carbocycles. The summed E-state index contributed by atoms with van der Waals surface area (Å²) >= 11 is 0. The van der Waals surface area contributed by atoms with Crippen LogP contribution in [0.4, 0.5) is 10.2 Å². The van der Waals surface area contributed by atoms with Crippen LogP contribution >= 0.6 is 0 Å². The lowest BCUT2D eigenvalue weighted by molar-refractivity contribution is 0.622. The number of anilines is 1. The third-order valence-corrected chi connectivity index (χ3v) is 0.750. The zero-order chi connectivity index (χ0) is 7.98. The van der Waals surface area contributed by atoms with Crippen LogP contribution in [-0.2, 0) is 0 Å². The van der Waals surface area contributed by atoms with E-state index in [2.05, 4.69) is 4.98 Å². The summed E-state index contributed by atoms with van der Waals surface area (Å²) in [5.41, 5.74) is 5.15. The van der Waals surface area contributed by atoms with Crippen LogP contribution in [0.5, 0.6) is 0 Å². The van der Waals surface area contributed by atoms with Crippen molar-refractivity contribution in [2.75, 3.05) is 5.73 Å². The van der Waals surface area contributed by atoms with Gasteiger partial charge in [0.2, 0.25) is 0 Å². The van der Waals surface area contributed by atoms with Crippen molar-refractivity contribution >= 4 is 5.82 Å². The van der Waals surface area contributed by atoms with Gasteiger partial charge in [-0.05, 0) is 12.1 Å². The van der Waals surface area contributed by atoms with Gasteiger partial charge in [0, 0.05) is 0 Å². The molecule has 0 spiro atoms. The number of halogens is 1. The lowest BCUT2D eigenvalue weighted by Crippen LogP contribution is -1.87. The normalized spacial score (nSPS) is 7.90. The van der Waals surface area contributed by atoms with Gasteiger partial charge in [-0.2, -0.15) is 0 Å². The molecule has 1 heterocycles. The number of nitrogen functional groups attached to an aromatic ring is 1. The van der Waals surface area contributed by atoms with E-state index >= 15 is 0 Å². The molecule has 0 radical (unpaired) electrons. The molecule has 0 bridgehead atoms. The standard InChI is InChI=1S/C5H5FN2.C2H6/c6-4-1-2-5(7)8-3-4;1-2/h1-3H,(H2,7,8);1-2H3. The third-order valence-electron chi connectivity index (χ3n) is 0.750. The molecule has 10 heavy (non-hydrogen) atoms. The summed E-state index contributed by atoms with van der Waals surface area (Å²) in [7, 11) is 0. The molecule has 2 nitrogen and oxygen atoms in total. The first-order valence-electron chi connectivity index (χ1n) is 3.16. The van der Waals surface area contributed by atoms with Gasteiger partial charge in [-0.15, -0.1) is 0 Å². The van der Waals surface area contributed by atoms with Crippen LogP contribution < -0.4 is 5.73 Å². The minimum absolute atomic E-state index is 0.339. The lowest BCUT2D eigenvalue weighted by Gasteiger charge is -1.86. The summed E-state index contributed by atoms with van der Waals surface area (Å²) in [6, 6.07) is 2.68. The number of nitrogens with zero attached hydrogens (tertiary/aromatic N) is 1. The molecule has 1 rings (SSSR count). The highest BCUT2D eigenvalue weighted by Crippen LogP contribution is 1.96. The molecule has 0 aliphatic heterocycles. The van der Waals surface area contributed by atoms with Gasteiger partial charge in [0.1, 0.15) is 11.6 Å². The van der Waals surface area contributed by atoms with Crippen molar-refractivity contribution < 1.29 is 4.39 Å². The Balaban J connectivity index is 0.000000371. The number of hydrogen-bond acceptors (Lipinski definition) is 2. The van der Waals surface area contributed by atoms with Crippen LogP contribution in [0, 0.1) is 5.82 Å². The summed E-state index contributed by atoms with van der Waals surface area (Å²) in [6.45, 7) is 4.00. The zero-order valence-electron chi connectivity index (χ0n) is 6.13. The molecule has 0 fully saturated rings. The second kappa shape index (κ2) is 4.73. The summed E-state index contributed by atoms with van der Waals surface area (Å²) < 4.78 is 12.0. The largest absolute Gasteiger partial charge is 0.384 e. The summed E-state index contributed by atoms with van der Waals surface area (Å²) in [5, 5.41) is 0. The number of hydrogen-bond donors (Lipinski definition) is 1. The molecular weight excluding hydrogens is 131 g/mol. The highest BCUT2D eigenvalue weighted by atomic mass is 19.1. The van der Waals surface area contributed by atoms with Gasteiger partial charge in [0.05, 0.1) is 6.20 Å². The van der Waals surface area contributed by atoms with E-state index in [-0.39, 0.29) is 5.82 Å². The van der Waals surface area contributed by atoms with Gasteiger partial charge in [-0.25, -0.2) is 9.37 Å². The number of pyridine rings is 1. The maximum absolute atomic E-state index is 12.0. The Morgan fingerprint density at radius 1 is 1.40 bits per heavy atom. The Kier molecular flexibility index (Phi) is 4.20. The molecule has 1 aromatic heterocycles. The van der Waals surface area contributed by atoms with Crippen molar-refractivity contribution in [2.45, 2.75) is 13.8 Å². The van der Waals surface area contributed by atoms with E-state index in [1.807, 2.05) is 13.8 Å². The van der Waals surface area contributed by atoms with Crippen LogP contribution in [0.3, 0.4) is 0 Å². The fourth-order valence-electron chi connectivity index (χ4n) is 0.387. The van der Waals surface area contributed by atoms with Gasteiger partial charge >= 0.3 is 0 Å². The second-order valence-corrected chi connectivity index (χ2v) is 1.40. The zero-order valence-corrected chi connectivity index (χ0v) is 6.13. The molecule has 0 amide bonds. The fraction of sp³-hybridized carbons (Fsp3) is 0.286. The van der Waals surface area contributed by atoms with Crippen LogP contribution in [0.15, 0.2) is 18.3 Å². The van der Waals surface area contributed by atoms with E-state index in [0.717, 1.165) is 6.20 Å². The van der Waals surface area contributed by atoms with E-state index in [4.69, 9.17) is 5.73 Å². The SMILES string of the molecule is CC.Nc1ccc(F)cn1. The molecule has 0 unspecified atom stereocenters. The molecule has 0 aliphatic rings. The number of aromatic nitrogens is 1. The maximum atomic E-state index is 12.0. The first kappa shape index (κ1) is 8.88. The van der Waals surface area contributed by atoms with Gasteiger partial charge in [-0.1, -0.05) is 13.8 Å². The first-order valence-corrected chi connectivity index (χ1v) is 3.16. The lowest BCUT2D eigenvalue weighted by atomic mass is 10.5. The van der Waals surface area contributed by atoms with Crippen molar-refractivity contribution in [2.24, 2.45) is 0 Å². The van der Waals surface area contributed by atoms with E-state index in [0.29, 0.717) is 5.82 Å². The average molecular weight is 142 g/mol. The molecule has 56 valence electrons. The Bertz CT molecular complexity index is 150. The third kappa shape index (κ3) is 3.02. The predicted octanol–water partition coefficient (Wildman–Crippen LogP) is 1.83. The van der Waals surface area contributed by atoms with E-state index in [1.54, 1.807) is 0 Å². The van der Waals surface area contributed by atoms with E-state index in [9.17, 15) is 4.39 Å². The number of rotatable bonds is 0. The molecular formula is C7H11FN2. The Morgan fingerprint density at radius 3 is 2.30 bits per heavy atom. The van der Waals surface area contributed by atoms with Crippen LogP contribution in [0.2, 0.25) is 0 Å². The van der Waals surface area contributed by atoms with Gasteiger partial charge < -0.3 is 5.73 Å². The first-order chi connectivity index (χ1) is 4.79. The average Bonchev–Trinajstić information content (AvgIpc) is 2.00. The van der Waals surface area contributed by atoms with Crippen molar-refractivity contribution in [1.82, 2.24) is 4.98 Å². The topological polar surface area (TPSA) is 38.9 Å². The van der Waals surface area contributed by atoms with Crippen molar-refractivity contribution in [3.8, 4) is 0 Å². The Hall–Kier alpha value is -1.12. The molecule has 1 aromatic rings. The summed E-state index contributed by atoms with van der Waals surface area (Å²) in [5.74, 6) is -0.0226. The Morgan fingerprint density at radius 2 is 2.00 bits per heavy atom. The monoisotopic (exact) mass is 142 g/mol. The van der Waals surface area contributed by atoms with Crippen LogP contribution in [-0.4, -0.2) is 4.98 Å². The van der Waals surface area contributed by atoms with Crippen molar-refractivity contribution in [1.29, 1.82) is 0 Å². The summed E-state index contributed by atoms with van der Waals surface area (Å²) in [6.07, 6.45) is 1.08. The molecule has 0 atom stereocenters. The molecule has 0 aromatic carbocycles. The summed E-state index contributed by atoms with van der Waals surface area (Å²) in [4.78, 5) is 3.48. The van der Waals surface area contributed by atoms with E-state index < -0.39 is 0 Å². The van der Waals surface area contributed by atoms with E-state index in [1.165, 1.54) is 12.1 Å². The molecule has 2 N–H and O–H groups in total. The smallest absolute Gasteiger partial charge is 0.141 e. The van der Waals surface area contributed by atoms with Crippen LogP contribution in [0.1, 0.15) is 13.8 Å². The number of nitrogens with two attached hydrogens (primary N) is 1. The van der Waals surface area contributed by atoms with Gasteiger partial charge in [-0.3, -0.25) is 0 Å². The van der Waals surface area contributed by atoms with Gasteiger partial charge in [0.25, 0.3) is 0 Å². The molecule has 0 saturated heterocycles. The van der Waals surface area contributed by atoms with Gasteiger partial charge in [0.15, 0.2) is 0 Å². The quantitative estimate of drug-likeness (QED) is 0.600. The minimum atomic E-state index is -0.362. The fourth-order valence-corrected chi connectivity index (χ4v) is 0.387. The minimum Gasteiger partial charge on any atom is -0.384 e. The highest BCUT2D eigenvalue weighted by molar-refractivity contribution is 5.25.